The van der Waals surface area contributed by atoms with E-state index in [1.807, 2.05) is 27.8 Å². The molecule has 0 amide bonds. The second-order valence-electron chi connectivity index (χ2n) is 6.08. The van der Waals surface area contributed by atoms with E-state index in [4.69, 9.17) is 4.74 Å². The number of hydrogen-bond donors (Lipinski definition) is 1. The molecule has 0 bridgehead atoms. The van der Waals surface area contributed by atoms with E-state index in [1.54, 1.807) is 22.5 Å². The molecule has 0 aromatic heterocycles. The lowest BCUT2D eigenvalue weighted by atomic mass is 10.1. The van der Waals surface area contributed by atoms with E-state index < -0.39 is 10.0 Å². The summed E-state index contributed by atoms with van der Waals surface area (Å²) in [5.74, 6) is 0.737. The zero-order valence-corrected chi connectivity index (χ0v) is 14.6. The summed E-state index contributed by atoms with van der Waals surface area (Å²) in [4.78, 5) is 0.345. The van der Waals surface area contributed by atoms with Gasteiger partial charge in [0.05, 0.1) is 11.0 Å². The monoisotopic (exact) mass is 326 g/mol. The molecule has 0 radical (unpaired) electrons. The van der Waals surface area contributed by atoms with Gasteiger partial charge in [-0.05, 0) is 64.4 Å². The molecule has 6 heteroatoms. The highest BCUT2D eigenvalue weighted by atomic mass is 32.2. The van der Waals surface area contributed by atoms with Crippen LogP contribution in [-0.2, 0) is 10.0 Å². The summed E-state index contributed by atoms with van der Waals surface area (Å²) in [5, 5.41) is 3.17. The molecule has 0 spiro atoms. The number of rotatable bonds is 5. The lowest BCUT2D eigenvalue weighted by Gasteiger charge is -2.31. The first kappa shape index (κ1) is 17.2. The quantitative estimate of drug-likeness (QED) is 0.901. The lowest BCUT2D eigenvalue weighted by Crippen LogP contribution is -2.46. The van der Waals surface area contributed by atoms with Gasteiger partial charge in [-0.25, -0.2) is 8.42 Å². The van der Waals surface area contributed by atoms with Gasteiger partial charge in [0.1, 0.15) is 5.75 Å². The van der Waals surface area contributed by atoms with E-state index in [0.29, 0.717) is 18.0 Å². The highest BCUT2D eigenvalue weighted by Crippen LogP contribution is 2.26. The number of likely N-dealkylation sites (N-methyl/N-ethyl adjacent to an activating group) is 1. The van der Waals surface area contributed by atoms with Gasteiger partial charge in [0.25, 0.3) is 0 Å². The van der Waals surface area contributed by atoms with Crippen LogP contribution in [0.4, 0.5) is 0 Å². The van der Waals surface area contributed by atoms with Gasteiger partial charge in [0, 0.05) is 19.1 Å². The third-order valence-electron chi connectivity index (χ3n) is 3.94. The third kappa shape index (κ3) is 3.80. The van der Waals surface area contributed by atoms with Crippen molar-refractivity contribution in [1.29, 1.82) is 0 Å². The molecule has 1 aliphatic rings. The fraction of sp³-hybridized carbons (Fsp3) is 0.625. The lowest BCUT2D eigenvalue weighted by molar-refractivity contribution is 0.240. The molecule has 1 aromatic carbocycles. The molecule has 1 atom stereocenters. The van der Waals surface area contributed by atoms with Crippen LogP contribution in [0.1, 0.15) is 32.3 Å². The molecule has 124 valence electrons. The molecule has 1 unspecified atom stereocenters. The molecule has 2 rings (SSSR count). The maximum absolute atomic E-state index is 12.8. The van der Waals surface area contributed by atoms with Crippen LogP contribution in [-0.4, -0.2) is 45.0 Å². The molecular formula is C16H26N2O3S. The minimum absolute atomic E-state index is 0.0691. The van der Waals surface area contributed by atoms with E-state index in [0.717, 1.165) is 24.2 Å². The molecule has 1 fully saturated rings. The Bertz CT molecular complexity index is 614. The normalized spacial score (nSPS) is 20.3. The topological polar surface area (TPSA) is 58.6 Å². The van der Waals surface area contributed by atoms with Crippen LogP contribution in [0.25, 0.3) is 0 Å². The Morgan fingerprint density at radius 1 is 1.36 bits per heavy atom. The van der Waals surface area contributed by atoms with Gasteiger partial charge in [-0.2, -0.15) is 4.31 Å². The van der Waals surface area contributed by atoms with E-state index >= 15 is 0 Å². The fourth-order valence-corrected chi connectivity index (χ4v) is 4.32. The van der Waals surface area contributed by atoms with E-state index in [1.165, 1.54) is 0 Å². The molecule has 1 aromatic rings. The first-order valence-corrected chi connectivity index (χ1v) is 9.23. The summed E-state index contributed by atoms with van der Waals surface area (Å²) in [7, 11) is -1.56. The molecule has 22 heavy (non-hydrogen) atoms. The molecule has 1 heterocycles. The van der Waals surface area contributed by atoms with Crippen LogP contribution in [0, 0.1) is 6.92 Å². The van der Waals surface area contributed by atoms with Gasteiger partial charge in [-0.1, -0.05) is 0 Å². The Morgan fingerprint density at radius 2 is 2.09 bits per heavy atom. The zero-order chi connectivity index (χ0) is 16.3. The minimum atomic E-state index is -3.43. The summed E-state index contributed by atoms with van der Waals surface area (Å²) >= 11 is 0. The van der Waals surface area contributed by atoms with Gasteiger partial charge >= 0.3 is 0 Å². The molecule has 5 nitrogen and oxygen atoms in total. The van der Waals surface area contributed by atoms with Crippen molar-refractivity contribution in [3.63, 3.8) is 0 Å². The van der Waals surface area contributed by atoms with Gasteiger partial charge in [0.15, 0.2) is 0 Å². The molecule has 0 aliphatic carbocycles. The summed E-state index contributed by atoms with van der Waals surface area (Å²) in [6.45, 7) is 6.90. The molecule has 1 saturated heterocycles. The highest BCUT2D eigenvalue weighted by molar-refractivity contribution is 7.89. The van der Waals surface area contributed by atoms with Crippen LogP contribution < -0.4 is 10.1 Å². The number of nitrogens with one attached hydrogen (secondary N) is 1. The summed E-state index contributed by atoms with van der Waals surface area (Å²) in [5.41, 5.74) is 0.844. The summed E-state index contributed by atoms with van der Waals surface area (Å²) in [6.07, 6.45) is 1.97. The van der Waals surface area contributed by atoms with Crippen LogP contribution in [0.15, 0.2) is 23.1 Å². The van der Waals surface area contributed by atoms with Gasteiger partial charge in [-0.3, -0.25) is 0 Å². The van der Waals surface area contributed by atoms with Gasteiger partial charge in [0.2, 0.25) is 10.0 Å². The number of ether oxygens (including phenoxy) is 1. The van der Waals surface area contributed by atoms with E-state index in [2.05, 4.69) is 5.32 Å². The minimum Gasteiger partial charge on any atom is -0.491 e. The number of nitrogens with zero attached hydrogens (tertiary/aromatic N) is 1. The first-order valence-electron chi connectivity index (χ1n) is 7.79. The Labute approximate surface area is 133 Å². The van der Waals surface area contributed by atoms with Crippen molar-refractivity contribution >= 4 is 10.0 Å². The summed E-state index contributed by atoms with van der Waals surface area (Å²) in [6, 6.07) is 5.33. The van der Waals surface area contributed by atoms with Crippen molar-refractivity contribution in [2.75, 3.05) is 20.1 Å². The number of piperidine rings is 1. The SMILES string of the molecule is CNC1CCCN(S(=O)(=O)c2ccc(OC(C)C)c(C)c2)C1. The van der Waals surface area contributed by atoms with Crippen molar-refractivity contribution in [2.45, 2.75) is 50.7 Å². The predicted molar refractivity (Wildman–Crippen MR) is 87.8 cm³/mol. The van der Waals surface area contributed by atoms with Crippen LogP contribution >= 0.6 is 0 Å². The Balaban J connectivity index is 2.24. The number of benzene rings is 1. The number of hydrogen-bond acceptors (Lipinski definition) is 4. The maximum atomic E-state index is 12.8. The number of sulfonamides is 1. The Hall–Kier alpha value is -1.11. The van der Waals surface area contributed by atoms with Crippen molar-refractivity contribution in [1.82, 2.24) is 9.62 Å². The second-order valence-corrected chi connectivity index (χ2v) is 8.02. The van der Waals surface area contributed by atoms with Gasteiger partial charge in [-0.15, -0.1) is 0 Å². The zero-order valence-electron chi connectivity index (χ0n) is 13.8. The Kier molecular flexibility index (Phi) is 5.47. The van der Waals surface area contributed by atoms with Crippen molar-refractivity contribution in [2.24, 2.45) is 0 Å². The van der Waals surface area contributed by atoms with Gasteiger partial charge < -0.3 is 10.1 Å². The Morgan fingerprint density at radius 3 is 2.68 bits per heavy atom. The average Bonchev–Trinajstić information content (AvgIpc) is 2.49. The predicted octanol–water partition coefficient (Wildman–Crippen LogP) is 2.15. The molecular weight excluding hydrogens is 300 g/mol. The van der Waals surface area contributed by atoms with Crippen molar-refractivity contribution < 1.29 is 13.2 Å². The van der Waals surface area contributed by atoms with E-state index in [9.17, 15) is 8.42 Å². The van der Waals surface area contributed by atoms with Crippen LogP contribution in [0.2, 0.25) is 0 Å². The molecule has 1 N–H and O–H groups in total. The van der Waals surface area contributed by atoms with Crippen molar-refractivity contribution in [3.05, 3.63) is 23.8 Å². The fourth-order valence-electron chi connectivity index (χ4n) is 2.71. The maximum Gasteiger partial charge on any atom is 0.243 e. The first-order chi connectivity index (χ1) is 10.3. The second kappa shape index (κ2) is 6.98. The standard InChI is InChI=1S/C16H26N2O3S/c1-12(2)21-16-8-7-15(10-13(16)3)22(19,20)18-9-5-6-14(11-18)17-4/h7-8,10,12,14,17H,5-6,9,11H2,1-4H3. The molecule has 0 saturated carbocycles. The molecule has 1 aliphatic heterocycles. The van der Waals surface area contributed by atoms with Crippen LogP contribution in [0.5, 0.6) is 5.75 Å². The highest BCUT2D eigenvalue weighted by Gasteiger charge is 2.29. The van der Waals surface area contributed by atoms with Crippen LogP contribution in [0.3, 0.4) is 0 Å². The largest absolute Gasteiger partial charge is 0.491 e. The smallest absolute Gasteiger partial charge is 0.243 e. The number of aryl methyl sites for hydroxylation is 1. The third-order valence-corrected chi connectivity index (χ3v) is 5.80. The van der Waals surface area contributed by atoms with E-state index in [-0.39, 0.29) is 12.1 Å². The summed E-state index contributed by atoms with van der Waals surface area (Å²) < 4.78 is 32.8. The average molecular weight is 326 g/mol. The van der Waals surface area contributed by atoms with Crippen molar-refractivity contribution in [3.8, 4) is 5.75 Å².